The summed E-state index contributed by atoms with van der Waals surface area (Å²) in [5.41, 5.74) is 2.15. The lowest BCUT2D eigenvalue weighted by Crippen LogP contribution is -2.50. The molecular formula is C27H33FN6O2. The van der Waals surface area contributed by atoms with Gasteiger partial charge in [-0.2, -0.15) is 5.10 Å². The predicted octanol–water partition coefficient (Wildman–Crippen LogP) is 5.38. The average molecular weight is 493 g/mol. The van der Waals surface area contributed by atoms with Gasteiger partial charge in [-0.25, -0.2) is 9.37 Å². The van der Waals surface area contributed by atoms with Gasteiger partial charge >= 0.3 is 0 Å². The molecule has 2 saturated carbocycles. The summed E-state index contributed by atoms with van der Waals surface area (Å²) in [4.78, 5) is 6.66. The largest absolute Gasteiger partial charge is 0.507 e. The van der Waals surface area contributed by atoms with Crippen LogP contribution < -0.4 is 9.64 Å². The zero-order valence-electron chi connectivity index (χ0n) is 21.1. The van der Waals surface area contributed by atoms with Crippen LogP contribution in [0.15, 0.2) is 36.7 Å². The number of hydrogen-bond donors (Lipinski definition) is 1. The van der Waals surface area contributed by atoms with E-state index in [1.165, 1.54) is 7.11 Å². The van der Waals surface area contributed by atoms with E-state index >= 15 is 4.39 Å². The highest BCUT2D eigenvalue weighted by Crippen LogP contribution is 2.46. The molecule has 190 valence electrons. The number of ether oxygens (including phenoxy) is 1. The molecule has 3 aromatic rings. The molecule has 0 unspecified atom stereocenters. The van der Waals surface area contributed by atoms with E-state index in [1.807, 2.05) is 6.07 Å². The lowest BCUT2D eigenvalue weighted by atomic mass is 9.70. The predicted molar refractivity (Wildman–Crippen MR) is 136 cm³/mol. The number of halogens is 1. The lowest BCUT2D eigenvalue weighted by molar-refractivity contribution is 0.0994. The minimum Gasteiger partial charge on any atom is -0.507 e. The number of nitrogens with zero attached hydrogens (tertiary/aromatic N) is 6. The molecule has 2 heterocycles. The van der Waals surface area contributed by atoms with E-state index in [-0.39, 0.29) is 23.2 Å². The molecule has 3 atom stereocenters. The minimum absolute atomic E-state index is 0.0308. The molecule has 0 spiro atoms. The van der Waals surface area contributed by atoms with Gasteiger partial charge in [0, 0.05) is 17.7 Å². The van der Waals surface area contributed by atoms with E-state index in [9.17, 15) is 5.11 Å². The van der Waals surface area contributed by atoms with Crippen molar-refractivity contribution in [2.24, 2.45) is 5.41 Å². The number of hydrogen-bond acceptors (Lipinski definition) is 8. The first-order chi connectivity index (χ1) is 17.4. The Balaban J connectivity index is 1.39. The van der Waals surface area contributed by atoms with Crippen molar-refractivity contribution in [2.45, 2.75) is 77.0 Å². The van der Waals surface area contributed by atoms with Crippen LogP contribution in [0.2, 0.25) is 0 Å². The first-order valence-electron chi connectivity index (χ1n) is 12.7. The van der Waals surface area contributed by atoms with Gasteiger partial charge in [-0.1, -0.05) is 26.3 Å². The lowest BCUT2D eigenvalue weighted by Gasteiger charge is -2.45. The third-order valence-corrected chi connectivity index (χ3v) is 7.52. The van der Waals surface area contributed by atoms with Crippen LogP contribution in [-0.2, 0) is 0 Å². The maximum absolute atomic E-state index is 15.2. The Bertz CT molecular complexity index is 1210. The number of alkyl halides is 1. The van der Waals surface area contributed by atoms with E-state index in [0.717, 1.165) is 49.7 Å². The monoisotopic (exact) mass is 492 g/mol. The van der Waals surface area contributed by atoms with Crippen molar-refractivity contribution in [3.8, 4) is 34.1 Å². The fraction of sp³-hybridized carbons (Fsp3) is 0.519. The van der Waals surface area contributed by atoms with Gasteiger partial charge in [-0.15, -0.1) is 15.3 Å². The summed E-state index contributed by atoms with van der Waals surface area (Å²) in [6.45, 7) is 4.49. The number of rotatable bonds is 8. The van der Waals surface area contributed by atoms with Gasteiger partial charge < -0.3 is 14.7 Å². The minimum atomic E-state index is -0.880. The Morgan fingerprint density at radius 3 is 2.61 bits per heavy atom. The fourth-order valence-corrected chi connectivity index (χ4v) is 5.51. The summed E-state index contributed by atoms with van der Waals surface area (Å²) in [7, 11) is 1.53. The van der Waals surface area contributed by atoms with Crippen molar-refractivity contribution in [1.29, 1.82) is 0 Å². The van der Waals surface area contributed by atoms with Gasteiger partial charge in [0.05, 0.1) is 31.1 Å². The van der Waals surface area contributed by atoms with Crippen molar-refractivity contribution in [2.75, 3.05) is 12.0 Å². The van der Waals surface area contributed by atoms with Crippen LogP contribution in [0, 0.1) is 5.41 Å². The maximum atomic E-state index is 15.2. The summed E-state index contributed by atoms with van der Waals surface area (Å²) >= 11 is 0. The highest BCUT2D eigenvalue weighted by atomic mass is 19.1. The Morgan fingerprint density at radius 1 is 1.11 bits per heavy atom. The number of aromatic nitrogens is 5. The van der Waals surface area contributed by atoms with E-state index in [0.29, 0.717) is 29.5 Å². The van der Waals surface area contributed by atoms with Crippen molar-refractivity contribution >= 4 is 5.82 Å². The van der Waals surface area contributed by atoms with Crippen LogP contribution in [0.3, 0.4) is 0 Å². The summed E-state index contributed by atoms with van der Waals surface area (Å²) in [6, 6.07) is 7.06. The first-order valence-corrected chi connectivity index (χ1v) is 12.7. The van der Waals surface area contributed by atoms with E-state index < -0.39 is 6.17 Å². The Hall–Kier alpha value is -3.36. The topological polar surface area (TPSA) is 97.2 Å². The number of methoxy groups -OCH3 is 1. The summed E-state index contributed by atoms with van der Waals surface area (Å²) < 4.78 is 20.4. The average Bonchev–Trinajstić information content (AvgIpc) is 3.72. The number of benzene rings is 1. The summed E-state index contributed by atoms with van der Waals surface area (Å²) in [5, 5.41) is 27.3. The van der Waals surface area contributed by atoms with E-state index in [2.05, 4.69) is 44.1 Å². The Labute approximate surface area is 211 Å². The molecule has 1 N–H and O–H groups in total. The van der Waals surface area contributed by atoms with Crippen LogP contribution in [0.1, 0.15) is 58.8 Å². The van der Waals surface area contributed by atoms with Gasteiger partial charge in [0.25, 0.3) is 0 Å². The number of anilines is 1. The van der Waals surface area contributed by atoms with Crippen LogP contribution in [0.5, 0.6) is 11.6 Å². The maximum Gasteiger partial charge on any atom is 0.233 e. The van der Waals surface area contributed by atoms with Crippen LogP contribution in [-0.4, -0.2) is 55.9 Å². The molecule has 2 aromatic heterocycles. The molecule has 0 aliphatic heterocycles. The van der Waals surface area contributed by atoms with Crippen molar-refractivity contribution in [1.82, 2.24) is 25.4 Å². The zero-order valence-corrected chi connectivity index (χ0v) is 21.1. The van der Waals surface area contributed by atoms with Gasteiger partial charge in [0.1, 0.15) is 11.9 Å². The number of phenolic OH excluding ortho intramolecular Hbond substituents is 1. The highest BCUT2D eigenvalue weighted by Gasteiger charge is 2.45. The molecule has 9 heteroatoms. The molecule has 36 heavy (non-hydrogen) atoms. The van der Waals surface area contributed by atoms with Crippen LogP contribution in [0.4, 0.5) is 10.2 Å². The molecule has 5 rings (SSSR count). The third kappa shape index (κ3) is 4.96. The standard InChI is InChI=1S/C27H33FN6O2/c1-4-10-27(2)11-9-21(28)22(14-27)34(19-6-7-19)24-16-29-26(33-31-24)20-8-5-17(12-23(20)35)18-13-25(36-3)32-30-15-18/h5,8,12-13,15-16,19,21-22,35H,4,6-7,9-11,14H2,1-3H3/t21-,22+,27+/m0/s1. The molecule has 0 saturated heterocycles. The second kappa shape index (κ2) is 9.95. The molecule has 2 aliphatic carbocycles. The SMILES string of the molecule is CCC[C@]1(C)CC[C@H](F)[C@H](N(c2cnc(-c3ccc(-c4cnnc(OC)c4)cc3O)nn2)C2CC2)C1. The number of phenols is 1. The molecule has 8 nitrogen and oxygen atoms in total. The van der Waals surface area contributed by atoms with Gasteiger partial charge in [-0.3, -0.25) is 0 Å². The smallest absolute Gasteiger partial charge is 0.233 e. The molecule has 0 amide bonds. The van der Waals surface area contributed by atoms with Crippen LogP contribution >= 0.6 is 0 Å². The zero-order chi connectivity index (χ0) is 25.3. The van der Waals surface area contributed by atoms with Crippen LogP contribution in [0.25, 0.3) is 22.5 Å². The second-order valence-corrected chi connectivity index (χ2v) is 10.4. The molecule has 2 fully saturated rings. The molecule has 0 bridgehead atoms. The highest BCUT2D eigenvalue weighted by molar-refractivity contribution is 5.72. The second-order valence-electron chi connectivity index (χ2n) is 10.4. The van der Waals surface area contributed by atoms with Crippen molar-refractivity contribution < 1.29 is 14.2 Å². The van der Waals surface area contributed by atoms with Gasteiger partial charge in [0.15, 0.2) is 11.6 Å². The normalized spacial score (nSPS) is 23.9. The molecule has 1 aromatic carbocycles. The summed E-state index contributed by atoms with van der Waals surface area (Å²) in [6.07, 6.45) is 9.01. The van der Waals surface area contributed by atoms with E-state index in [1.54, 1.807) is 30.6 Å². The quantitative estimate of drug-likeness (QED) is 0.448. The van der Waals surface area contributed by atoms with Crippen molar-refractivity contribution in [3.63, 3.8) is 0 Å². The van der Waals surface area contributed by atoms with Crippen molar-refractivity contribution in [3.05, 3.63) is 36.7 Å². The molecular weight excluding hydrogens is 459 g/mol. The Morgan fingerprint density at radius 2 is 1.94 bits per heavy atom. The summed E-state index contributed by atoms with van der Waals surface area (Å²) in [5.74, 6) is 1.35. The first kappa shape index (κ1) is 24.3. The molecule has 0 radical (unpaired) electrons. The van der Waals surface area contributed by atoms with Gasteiger partial charge in [0.2, 0.25) is 5.88 Å². The van der Waals surface area contributed by atoms with E-state index in [4.69, 9.17) is 4.74 Å². The Kier molecular flexibility index (Phi) is 6.73. The molecule has 2 aliphatic rings. The number of aromatic hydroxyl groups is 1. The van der Waals surface area contributed by atoms with Gasteiger partial charge in [-0.05, 0) is 61.6 Å². The fourth-order valence-electron chi connectivity index (χ4n) is 5.51. The third-order valence-electron chi connectivity index (χ3n) is 7.52.